The minimum absolute atomic E-state index is 0.115. The number of amides is 1. The summed E-state index contributed by atoms with van der Waals surface area (Å²) in [5.74, 6) is 1.77. The number of nitrogens with one attached hydrogen (secondary N) is 1. The third-order valence-electron chi connectivity index (χ3n) is 6.32. The molecule has 0 spiro atoms. The van der Waals surface area contributed by atoms with Crippen molar-refractivity contribution in [3.63, 3.8) is 0 Å². The summed E-state index contributed by atoms with van der Waals surface area (Å²) in [5.41, 5.74) is 5.89. The summed E-state index contributed by atoms with van der Waals surface area (Å²) < 4.78 is 26.2. The van der Waals surface area contributed by atoms with Crippen LogP contribution < -0.4 is 14.8 Å². The summed E-state index contributed by atoms with van der Waals surface area (Å²) in [6.45, 7) is 6.56. The van der Waals surface area contributed by atoms with Crippen molar-refractivity contribution in [3.05, 3.63) is 88.5 Å². The van der Waals surface area contributed by atoms with Crippen LogP contribution in [0.5, 0.6) is 11.5 Å². The molecule has 34 heavy (non-hydrogen) atoms. The Morgan fingerprint density at radius 1 is 1.03 bits per heavy atom. The van der Waals surface area contributed by atoms with Crippen LogP contribution in [0.1, 0.15) is 41.0 Å². The normalized spacial score (nSPS) is 13.3. The number of benzene rings is 3. The third kappa shape index (κ3) is 4.21. The van der Waals surface area contributed by atoms with Crippen molar-refractivity contribution in [3.8, 4) is 11.5 Å². The highest BCUT2D eigenvalue weighted by atomic mass is 19.1. The van der Waals surface area contributed by atoms with E-state index in [0.717, 1.165) is 39.1 Å². The summed E-state index contributed by atoms with van der Waals surface area (Å²) in [7, 11) is 0. The monoisotopic (exact) mass is 459 g/mol. The lowest BCUT2D eigenvalue weighted by molar-refractivity contribution is -0.124. The van der Waals surface area contributed by atoms with Crippen molar-refractivity contribution in [2.24, 2.45) is 0 Å². The second-order valence-electron chi connectivity index (χ2n) is 8.71. The van der Waals surface area contributed by atoms with Crippen LogP contribution in [0.2, 0.25) is 0 Å². The number of halogens is 1. The van der Waals surface area contributed by atoms with Gasteiger partial charge in [0.15, 0.2) is 11.5 Å². The zero-order chi connectivity index (χ0) is 23.8. The Morgan fingerprint density at radius 3 is 2.53 bits per heavy atom. The molecule has 1 aliphatic heterocycles. The maximum absolute atomic E-state index is 13.4. The molecule has 0 saturated heterocycles. The summed E-state index contributed by atoms with van der Waals surface area (Å²) in [6.07, 6.45) is 0.493. The molecule has 0 saturated carbocycles. The number of carbonyl (C=O) groups is 1. The first-order valence-corrected chi connectivity index (χ1v) is 11.3. The van der Waals surface area contributed by atoms with Crippen LogP contribution in [-0.2, 0) is 17.8 Å². The maximum Gasteiger partial charge on any atom is 0.243 e. The molecular weight excluding hydrogens is 433 g/mol. The molecule has 5 rings (SSSR count). The molecule has 0 aliphatic carbocycles. The lowest BCUT2D eigenvalue weighted by Crippen LogP contribution is -2.31. The summed E-state index contributed by atoms with van der Waals surface area (Å²) in [4.78, 5) is 18.1. The van der Waals surface area contributed by atoms with Crippen LogP contribution in [-0.4, -0.2) is 22.3 Å². The van der Waals surface area contributed by atoms with Gasteiger partial charge in [-0.15, -0.1) is 0 Å². The van der Waals surface area contributed by atoms with Crippen molar-refractivity contribution in [1.82, 2.24) is 14.9 Å². The first-order chi connectivity index (χ1) is 16.4. The van der Waals surface area contributed by atoms with Crippen LogP contribution in [0.25, 0.3) is 11.0 Å². The van der Waals surface area contributed by atoms with Crippen LogP contribution in [0, 0.1) is 19.7 Å². The van der Waals surface area contributed by atoms with Crippen molar-refractivity contribution in [1.29, 1.82) is 0 Å². The molecule has 1 aromatic heterocycles. The largest absolute Gasteiger partial charge is 0.454 e. The number of aryl methyl sites for hydroxylation is 2. The van der Waals surface area contributed by atoms with Gasteiger partial charge in [0.2, 0.25) is 12.7 Å². The third-order valence-corrected chi connectivity index (χ3v) is 6.32. The van der Waals surface area contributed by atoms with Crippen molar-refractivity contribution >= 4 is 16.9 Å². The Labute approximate surface area is 197 Å². The lowest BCUT2D eigenvalue weighted by Gasteiger charge is -2.18. The highest BCUT2D eigenvalue weighted by Gasteiger charge is 2.23. The Bertz CT molecular complexity index is 1380. The van der Waals surface area contributed by atoms with Gasteiger partial charge in [-0.3, -0.25) is 4.79 Å². The first kappa shape index (κ1) is 21.9. The van der Waals surface area contributed by atoms with E-state index in [4.69, 9.17) is 14.5 Å². The minimum Gasteiger partial charge on any atom is -0.454 e. The predicted molar refractivity (Wildman–Crippen MR) is 128 cm³/mol. The van der Waals surface area contributed by atoms with Gasteiger partial charge in [0.05, 0.1) is 11.0 Å². The van der Waals surface area contributed by atoms with Gasteiger partial charge < -0.3 is 19.4 Å². The molecule has 3 aromatic carbocycles. The van der Waals surface area contributed by atoms with Gasteiger partial charge in [0, 0.05) is 13.0 Å². The topological polar surface area (TPSA) is 65.4 Å². The fourth-order valence-electron chi connectivity index (χ4n) is 4.25. The molecule has 6 nitrogen and oxygen atoms in total. The van der Waals surface area contributed by atoms with Crippen LogP contribution in [0.3, 0.4) is 0 Å². The number of fused-ring (bicyclic) bond motifs is 2. The maximum atomic E-state index is 13.4. The standard InChI is InChI=1S/C27H26FN3O3/c1-16-10-22-23(11-17(16)2)31(26(30-22)13-19-4-7-21(28)8-5-19)18(3)27(32)29-14-20-6-9-24-25(12-20)34-15-33-24/h4-12,18H,13-15H2,1-3H3,(H,29,32)/t18-/m0/s1. The molecule has 174 valence electrons. The highest BCUT2D eigenvalue weighted by Crippen LogP contribution is 2.32. The van der Waals surface area contributed by atoms with E-state index in [1.54, 1.807) is 12.1 Å². The molecule has 1 N–H and O–H groups in total. The lowest BCUT2D eigenvalue weighted by atomic mass is 10.1. The van der Waals surface area contributed by atoms with E-state index in [2.05, 4.69) is 25.2 Å². The van der Waals surface area contributed by atoms with Gasteiger partial charge in [0.1, 0.15) is 17.7 Å². The van der Waals surface area contributed by atoms with Crippen molar-refractivity contribution < 1.29 is 18.7 Å². The van der Waals surface area contributed by atoms with Crippen LogP contribution in [0.15, 0.2) is 54.6 Å². The fraction of sp³-hybridized carbons (Fsp3) is 0.259. The average Bonchev–Trinajstić information content (AvgIpc) is 3.42. The minimum atomic E-state index is -0.489. The van der Waals surface area contributed by atoms with Gasteiger partial charge >= 0.3 is 0 Å². The fourth-order valence-corrected chi connectivity index (χ4v) is 4.25. The number of aromatic nitrogens is 2. The molecule has 1 aliphatic rings. The van der Waals surface area contributed by atoms with Crippen molar-refractivity contribution in [2.75, 3.05) is 6.79 Å². The SMILES string of the molecule is Cc1cc2nc(Cc3ccc(F)cc3)n([C@@H](C)C(=O)NCc3ccc4c(c3)OCO4)c2cc1C. The summed E-state index contributed by atoms with van der Waals surface area (Å²) >= 11 is 0. The summed E-state index contributed by atoms with van der Waals surface area (Å²) in [5, 5.41) is 3.03. The first-order valence-electron chi connectivity index (χ1n) is 11.3. The number of carbonyl (C=O) groups excluding carboxylic acids is 1. The smallest absolute Gasteiger partial charge is 0.243 e. The number of rotatable bonds is 6. The zero-order valence-electron chi connectivity index (χ0n) is 19.4. The predicted octanol–water partition coefficient (Wildman–Crippen LogP) is 4.99. The molecule has 0 radical (unpaired) electrons. The zero-order valence-corrected chi connectivity index (χ0v) is 19.4. The molecular formula is C27H26FN3O3. The number of hydrogen-bond donors (Lipinski definition) is 1. The molecule has 7 heteroatoms. The number of imidazole rings is 1. The quantitative estimate of drug-likeness (QED) is 0.441. The average molecular weight is 460 g/mol. The van der Waals surface area contributed by atoms with Crippen LogP contribution >= 0.6 is 0 Å². The van der Waals surface area contributed by atoms with E-state index >= 15 is 0 Å². The van der Waals surface area contributed by atoms with Gasteiger partial charge in [-0.25, -0.2) is 9.37 Å². The van der Waals surface area contributed by atoms with Gasteiger partial charge in [-0.2, -0.15) is 0 Å². The van der Waals surface area contributed by atoms with E-state index in [-0.39, 0.29) is 18.5 Å². The van der Waals surface area contributed by atoms with Crippen molar-refractivity contribution in [2.45, 2.75) is 39.8 Å². The van der Waals surface area contributed by atoms with E-state index in [9.17, 15) is 9.18 Å². The highest BCUT2D eigenvalue weighted by molar-refractivity contribution is 5.85. The van der Waals surface area contributed by atoms with Gasteiger partial charge in [-0.05, 0) is 79.4 Å². The molecule has 1 amide bonds. The van der Waals surface area contributed by atoms with E-state index < -0.39 is 6.04 Å². The molecule has 4 aromatic rings. The van der Waals surface area contributed by atoms with E-state index in [1.807, 2.05) is 35.8 Å². The van der Waals surface area contributed by atoms with E-state index in [0.29, 0.717) is 24.5 Å². The Balaban J connectivity index is 1.43. The van der Waals surface area contributed by atoms with E-state index in [1.165, 1.54) is 12.1 Å². The second-order valence-corrected chi connectivity index (χ2v) is 8.71. The summed E-state index contributed by atoms with van der Waals surface area (Å²) in [6, 6.07) is 15.7. The Hall–Kier alpha value is -3.87. The molecule has 2 heterocycles. The Morgan fingerprint density at radius 2 is 1.74 bits per heavy atom. The molecule has 0 fully saturated rings. The van der Waals surface area contributed by atoms with Gasteiger partial charge in [0.25, 0.3) is 0 Å². The molecule has 1 atom stereocenters. The molecule has 0 unspecified atom stereocenters. The number of nitrogens with zero attached hydrogens (tertiary/aromatic N) is 2. The molecule has 0 bridgehead atoms. The van der Waals surface area contributed by atoms with Gasteiger partial charge in [-0.1, -0.05) is 18.2 Å². The second kappa shape index (κ2) is 8.82. The van der Waals surface area contributed by atoms with Crippen LogP contribution in [0.4, 0.5) is 4.39 Å². The number of ether oxygens (including phenoxy) is 2. The number of hydrogen-bond acceptors (Lipinski definition) is 4. The Kier molecular flexibility index (Phi) is 5.69.